The van der Waals surface area contributed by atoms with Crippen LogP contribution < -0.4 is 9.64 Å². The summed E-state index contributed by atoms with van der Waals surface area (Å²) in [5.41, 5.74) is 1.23. The number of piperazine rings is 1. The lowest BCUT2D eigenvalue weighted by atomic mass is 9.87. The number of rotatable bonds is 2. The first-order valence-electron chi connectivity index (χ1n) is 5.75. The van der Waals surface area contributed by atoms with Crippen LogP contribution in [0.15, 0.2) is 18.3 Å². The van der Waals surface area contributed by atoms with Gasteiger partial charge in [0.2, 0.25) is 5.88 Å². The van der Waals surface area contributed by atoms with Gasteiger partial charge in [0.25, 0.3) is 0 Å². The zero-order valence-electron chi connectivity index (χ0n) is 9.76. The molecule has 2 saturated heterocycles. The fraction of sp³-hybridized carbons (Fsp3) is 0.583. The average molecular weight is 219 g/mol. The molecule has 16 heavy (non-hydrogen) atoms. The Labute approximate surface area is 95.8 Å². The number of fused-ring (bicyclic) bond motifs is 2. The number of piperidine rings is 1. The molecule has 0 saturated carbocycles. The number of methoxy groups -OCH3 is 1. The van der Waals surface area contributed by atoms with Gasteiger partial charge in [-0.2, -0.15) is 0 Å². The molecule has 0 radical (unpaired) electrons. The normalized spacial score (nSPS) is 28.8. The monoisotopic (exact) mass is 219 g/mol. The SMILES string of the molecule is COc1ccc(N2C3CC2CN(C)C3)cn1. The third-order valence-corrected chi connectivity index (χ3v) is 3.60. The molecule has 2 atom stereocenters. The van der Waals surface area contributed by atoms with Gasteiger partial charge in [0.05, 0.1) is 19.0 Å². The standard InChI is InChI=1S/C12H17N3O/c1-14-7-10-5-11(8-14)15(10)9-3-4-12(16-2)13-6-9/h3-4,6,10-11H,5,7-8H2,1-2H3. The van der Waals surface area contributed by atoms with Crippen molar-refractivity contribution in [3.63, 3.8) is 0 Å². The average Bonchev–Trinajstić information content (AvgIpc) is 2.29. The minimum atomic E-state index is 0.680. The maximum absolute atomic E-state index is 5.07. The zero-order chi connectivity index (χ0) is 11.1. The molecular weight excluding hydrogens is 202 g/mol. The van der Waals surface area contributed by atoms with Gasteiger partial charge in [-0.15, -0.1) is 0 Å². The molecule has 2 aliphatic heterocycles. The summed E-state index contributed by atoms with van der Waals surface area (Å²) >= 11 is 0. The summed E-state index contributed by atoms with van der Waals surface area (Å²) in [5.74, 6) is 0.687. The van der Waals surface area contributed by atoms with E-state index in [1.165, 1.54) is 25.2 Å². The molecule has 1 aromatic heterocycles. The van der Waals surface area contributed by atoms with Crippen LogP contribution in [0.2, 0.25) is 0 Å². The van der Waals surface area contributed by atoms with E-state index in [0.29, 0.717) is 18.0 Å². The molecule has 1 aromatic rings. The Hall–Kier alpha value is -1.29. The summed E-state index contributed by atoms with van der Waals surface area (Å²) < 4.78 is 5.07. The lowest BCUT2D eigenvalue weighted by Crippen LogP contribution is -2.68. The molecule has 0 N–H and O–H groups in total. The Morgan fingerprint density at radius 3 is 2.62 bits per heavy atom. The van der Waals surface area contributed by atoms with Crippen molar-refractivity contribution in [3.8, 4) is 5.88 Å². The predicted molar refractivity (Wildman–Crippen MR) is 63.0 cm³/mol. The summed E-state index contributed by atoms with van der Waals surface area (Å²) in [6, 6.07) is 5.40. The summed E-state index contributed by atoms with van der Waals surface area (Å²) in [6.07, 6.45) is 3.25. The van der Waals surface area contributed by atoms with Crippen molar-refractivity contribution in [2.75, 3.05) is 32.1 Å². The molecule has 0 spiro atoms. The van der Waals surface area contributed by atoms with Gasteiger partial charge in [-0.25, -0.2) is 4.98 Å². The van der Waals surface area contributed by atoms with E-state index in [1.54, 1.807) is 7.11 Å². The van der Waals surface area contributed by atoms with Crippen LogP contribution in [-0.2, 0) is 0 Å². The number of anilines is 1. The van der Waals surface area contributed by atoms with Gasteiger partial charge in [0.1, 0.15) is 0 Å². The number of aromatic nitrogens is 1. The van der Waals surface area contributed by atoms with Gasteiger partial charge in [0, 0.05) is 31.2 Å². The van der Waals surface area contributed by atoms with Crippen molar-refractivity contribution in [3.05, 3.63) is 18.3 Å². The predicted octanol–water partition coefficient (Wildman–Crippen LogP) is 0.983. The van der Waals surface area contributed by atoms with E-state index >= 15 is 0 Å². The summed E-state index contributed by atoms with van der Waals surface area (Å²) in [7, 11) is 3.85. The third-order valence-electron chi connectivity index (χ3n) is 3.60. The molecule has 4 heteroatoms. The van der Waals surface area contributed by atoms with Crippen LogP contribution in [0, 0.1) is 0 Å². The first-order valence-corrected chi connectivity index (χ1v) is 5.75. The Kier molecular flexibility index (Phi) is 2.24. The highest BCUT2D eigenvalue weighted by Crippen LogP contribution is 2.36. The van der Waals surface area contributed by atoms with Crippen LogP contribution in [0.25, 0.3) is 0 Å². The van der Waals surface area contributed by atoms with E-state index in [-0.39, 0.29) is 0 Å². The van der Waals surface area contributed by atoms with Crippen LogP contribution in [0.3, 0.4) is 0 Å². The maximum Gasteiger partial charge on any atom is 0.213 e. The number of likely N-dealkylation sites (N-methyl/N-ethyl adjacent to an activating group) is 1. The van der Waals surface area contributed by atoms with Crippen molar-refractivity contribution < 1.29 is 4.74 Å². The molecule has 3 heterocycles. The third kappa shape index (κ3) is 1.45. The Bertz CT molecular complexity index is 366. The molecule has 0 aromatic carbocycles. The fourth-order valence-corrected chi connectivity index (χ4v) is 2.89. The van der Waals surface area contributed by atoms with E-state index in [9.17, 15) is 0 Å². The van der Waals surface area contributed by atoms with Crippen LogP contribution in [0.1, 0.15) is 6.42 Å². The molecule has 0 aliphatic carbocycles. The summed E-state index contributed by atoms with van der Waals surface area (Å²) in [5, 5.41) is 0. The van der Waals surface area contributed by atoms with Crippen LogP contribution >= 0.6 is 0 Å². The van der Waals surface area contributed by atoms with E-state index in [2.05, 4.69) is 27.9 Å². The smallest absolute Gasteiger partial charge is 0.213 e. The molecule has 2 aliphatic rings. The van der Waals surface area contributed by atoms with Gasteiger partial charge in [-0.05, 0) is 19.5 Å². The van der Waals surface area contributed by atoms with Crippen LogP contribution in [0.4, 0.5) is 5.69 Å². The minimum Gasteiger partial charge on any atom is -0.481 e. The molecular formula is C12H17N3O. The van der Waals surface area contributed by atoms with Gasteiger partial charge in [-0.1, -0.05) is 0 Å². The number of nitrogens with zero attached hydrogens (tertiary/aromatic N) is 3. The molecule has 2 bridgehead atoms. The number of ether oxygens (including phenoxy) is 1. The highest BCUT2D eigenvalue weighted by Gasteiger charge is 2.43. The number of hydrogen-bond acceptors (Lipinski definition) is 4. The zero-order valence-corrected chi connectivity index (χ0v) is 9.76. The lowest BCUT2D eigenvalue weighted by Gasteiger charge is -2.57. The molecule has 2 unspecified atom stereocenters. The van der Waals surface area contributed by atoms with Crippen LogP contribution in [-0.4, -0.2) is 49.2 Å². The van der Waals surface area contributed by atoms with Crippen molar-refractivity contribution in [2.24, 2.45) is 0 Å². The molecule has 86 valence electrons. The minimum absolute atomic E-state index is 0.680. The number of likely N-dealkylation sites (tertiary alicyclic amines) is 1. The van der Waals surface area contributed by atoms with E-state index in [1.807, 2.05) is 12.3 Å². The van der Waals surface area contributed by atoms with Crippen LogP contribution in [0.5, 0.6) is 5.88 Å². The van der Waals surface area contributed by atoms with Crippen molar-refractivity contribution in [2.45, 2.75) is 18.5 Å². The Balaban J connectivity index is 1.78. The van der Waals surface area contributed by atoms with E-state index in [4.69, 9.17) is 4.74 Å². The van der Waals surface area contributed by atoms with Gasteiger partial charge < -0.3 is 14.5 Å². The molecule has 4 nitrogen and oxygen atoms in total. The van der Waals surface area contributed by atoms with Crippen molar-refractivity contribution in [1.82, 2.24) is 9.88 Å². The number of pyridine rings is 1. The largest absolute Gasteiger partial charge is 0.481 e. The topological polar surface area (TPSA) is 28.6 Å². The molecule has 3 rings (SSSR count). The van der Waals surface area contributed by atoms with Gasteiger partial charge in [-0.3, -0.25) is 0 Å². The van der Waals surface area contributed by atoms with Gasteiger partial charge >= 0.3 is 0 Å². The Morgan fingerprint density at radius 2 is 2.06 bits per heavy atom. The summed E-state index contributed by atoms with van der Waals surface area (Å²) in [4.78, 5) is 9.17. The van der Waals surface area contributed by atoms with Crippen molar-refractivity contribution >= 4 is 5.69 Å². The first kappa shape index (κ1) is 9.90. The second-order valence-electron chi connectivity index (χ2n) is 4.73. The molecule has 2 fully saturated rings. The maximum atomic E-state index is 5.07. The quantitative estimate of drug-likeness (QED) is 0.741. The van der Waals surface area contributed by atoms with Crippen molar-refractivity contribution in [1.29, 1.82) is 0 Å². The van der Waals surface area contributed by atoms with Gasteiger partial charge in [0.15, 0.2) is 0 Å². The molecule has 0 amide bonds. The second kappa shape index (κ2) is 3.63. The van der Waals surface area contributed by atoms with E-state index < -0.39 is 0 Å². The highest BCUT2D eigenvalue weighted by atomic mass is 16.5. The summed E-state index contributed by atoms with van der Waals surface area (Å²) in [6.45, 7) is 2.34. The van der Waals surface area contributed by atoms with E-state index in [0.717, 1.165) is 0 Å². The highest BCUT2D eigenvalue weighted by molar-refractivity contribution is 5.51. The lowest BCUT2D eigenvalue weighted by molar-refractivity contribution is 0.140. The second-order valence-corrected chi connectivity index (χ2v) is 4.73. The number of hydrogen-bond donors (Lipinski definition) is 0. The Morgan fingerprint density at radius 1 is 1.31 bits per heavy atom. The first-order chi connectivity index (χ1) is 7.78. The fourth-order valence-electron chi connectivity index (χ4n) is 2.89.